The number of nitrogens with one attached hydrogen (secondary N) is 1. The van der Waals surface area contributed by atoms with Gasteiger partial charge in [-0.3, -0.25) is 0 Å². The van der Waals surface area contributed by atoms with Gasteiger partial charge in [0.2, 0.25) is 5.88 Å². The summed E-state index contributed by atoms with van der Waals surface area (Å²) in [7, 11) is 1.78. The molecular weight excluding hydrogens is 234 g/mol. The van der Waals surface area contributed by atoms with Crippen molar-refractivity contribution in [3.63, 3.8) is 0 Å². The molecule has 0 amide bonds. The Bertz CT molecular complexity index is 303. The third-order valence-corrected chi connectivity index (χ3v) is 2.05. The fourth-order valence-corrected chi connectivity index (χ4v) is 1.28. The lowest BCUT2D eigenvalue weighted by Crippen LogP contribution is -2.00. The second-order valence-corrected chi connectivity index (χ2v) is 2.98. The zero-order valence-electron chi connectivity index (χ0n) is 7.25. The zero-order valence-corrected chi connectivity index (χ0v) is 8.84. The molecule has 0 spiro atoms. The van der Waals surface area contributed by atoms with Crippen LogP contribution in [0.5, 0.6) is 5.88 Å². The maximum absolute atomic E-state index is 5.27. The van der Waals surface area contributed by atoms with E-state index >= 15 is 0 Å². The molecule has 1 aromatic rings. The van der Waals surface area contributed by atoms with Gasteiger partial charge in [-0.15, -0.1) is 0 Å². The second-order valence-electron chi connectivity index (χ2n) is 2.19. The Hall–Kier alpha value is -1.10. The molecule has 0 saturated carbocycles. The molecule has 0 saturated heterocycles. The lowest BCUT2D eigenvalue weighted by atomic mass is 10.5. The normalized spacial score (nSPS) is 9.38. The van der Waals surface area contributed by atoms with Gasteiger partial charge in [-0.1, -0.05) is 12.7 Å². The van der Waals surface area contributed by atoms with Crippen molar-refractivity contribution in [1.82, 2.24) is 9.97 Å². The van der Waals surface area contributed by atoms with Crippen molar-refractivity contribution >= 4 is 21.7 Å². The summed E-state index contributed by atoms with van der Waals surface area (Å²) in [6.07, 6.45) is 3.10. The molecule has 0 unspecified atom stereocenters. The van der Waals surface area contributed by atoms with Gasteiger partial charge in [0.1, 0.15) is 23.2 Å². The van der Waals surface area contributed by atoms with Crippen LogP contribution in [0.4, 0.5) is 5.82 Å². The fourth-order valence-electron chi connectivity index (χ4n) is 0.766. The first kappa shape index (κ1) is 9.98. The molecule has 70 valence electrons. The summed E-state index contributed by atoms with van der Waals surface area (Å²) in [5, 5.41) is 2.91. The van der Waals surface area contributed by atoms with Gasteiger partial charge in [-0.2, -0.15) is 0 Å². The molecule has 1 rings (SSSR count). The van der Waals surface area contributed by atoms with Gasteiger partial charge < -0.3 is 10.1 Å². The average Bonchev–Trinajstić information content (AvgIpc) is 2.16. The van der Waals surface area contributed by atoms with E-state index in [1.165, 1.54) is 6.33 Å². The van der Waals surface area contributed by atoms with Crippen molar-refractivity contribution in [3.8, 4) is 5.88 Å². The molecule has 0 atom stereocenters. The van der Waals surface area contributed by atoms with Crippen LogP contribution < -0.4 is 10.1 Å². The molecule has 0 aromatic carbocycles. The van der Waals surface area contributed by atoms with Crippen molar-refractivity contribution in [3.05, 3.63) is 23.5 Å². The van der Waals surface area contributed by atoms with Crippen LogP contribution in [-0.2, 0) is 0 Å². The Morgan fingerprint density at radius 3 is 3.08 bits per heavy atom. The van der Waals surface area contributed by atoms with E-state index in [2.05, 4.69) is 37.8 Å². The van der Waals surface area contributed by atoms with E-state index in [4.69, 9.17) is 4.74 Å². The van der Waals surface area contributed by atoms with Crippen LogP contribution in [-0.4, -0.2) is 23.6 Å². The summed E-state index contributed by atoms with van der Waals surface area (Å²) < 4.78 is 5.99. The Kier molecular flexibility index (Phi) is 3.70. The summed E-state index contributed by atoms with van der Waals surface area (Å²) in [5.74, 6) is 1.22. The SMILES string of the molecule is C=CCOc1ncnc(NC)c1Br. The lowest BCUT2D eigenvalue weighted by Gasteiger charge is -2.06. The van der Waals surface area contributed by atoms with Crippen LogP contribution in [0, 0.1) is 0 Å². The first-order valence-corrected chi connectivity index (χ1v) is 4.50. The molecule has 0 radical (unpaired) electrons. The summed E-state index contributed by atoms with van der Waals surface area (Å²) in [5.41, 5.74) is 0. The molecular formula is C8H10BrN3O. The number of rotatable bonds is 4. The zero-order chi connectivity index (χ0) is 9.68. The highest BCUT2D eigenvalue weighted by atomic mass is 79.9. The van der Waals surface area contributed by atoms with Gasteiger partial charge in [0.05, 0.1) is 0 Å². The minimum absolute atomic E-state index is 0.429. The van der Waals surface area contributed by atoms with Crippen molar-refractivity contribution in [2.45, 2.75) is 0 Å². The average molecular weight is 244 g/mol. The van der Waals surface area contributed by atoms with Crippen LogP contribution in [0.3, 0.4) is 0 Å². The number of anilines is 1. The number of hydrogen-bond donors (Lipinski definition) is 1. The van der Waals surface area contributed by atoms with Gasteiger partial charge >= 0.3 is 0 Å². The first-order valence-electron chi connectivity index (χ1n) is 3.71. The Morgan fingerprint density at radius 2 is 2.46 bits per heavy atom. The third-order valence-electron chi connectivity index (χ3n) is 1.33. The molecule has 1 aromatic heterocycles. The topological polar surface area (TPSA) is 47.0 Å². The smallest absolute Gasteiger partial charge is 0.233 e. The predicted molar refractivity (Wildman–Crippen MR) is 55.0 cm³/mol. The van der Waals surface area contributed by atoms with Gasteiger partial charge in [0, 0.05) is 7.05 Å². The number of hydrogen-bond acceptors (Lipinski definition) is 4. The first-order chi connectivity index (χ1) is 6.29. The fraction of sp³-hybridized carbons (Fsp3) is 0.250. The highest BCUT2D eigenvalue weighted by molar-refractivity contribution is 9.10. The van der Waals surface area contributed by atoms with E-state index in [1.807, 2.05) is 0 Å². The predicted octanol–water partition coefficient (Wildman–Crippen LogP) is 1.85. The minimum Gasteiger partial charge on any atom is -0.473 e. The van der Waals surface area contributed by atoms with Crippen molar-refractivity contribution < 1.29 is 4.74 Å². The molecule has 0 fully saturated rings. The largest absolute Gasteiger partial charge is 0.473 e. The van der Waals surface area contributed by atoms with E-state index in [-0.39, 0.29) is 0 Å². The van der Waals surface area contributed by atoms with E-state index in [0.29, 0.717) is 18.3 Å². The van der Waals surface area contributed by atoms with E-state index < -0.39 is 0 Å². The van der Waals surface area contributed by atoms with E-state index in [9.17, 15) is 0 Å². The molecule has 0 aliphatic carbocycles. The van der Waals surface area contributed by atoms with E-state index in [1.54, 1.807) is 13.1 Å². The molecule has 0 aliphatic rings. The Balaban J connectivity index is 2.87. The van der Waals surface area contributed by atoms with Gasteiger partial charge in [-0.25, -0.2) is 9.97 Å². The van der Waals surface area contributed by atoms with Crippen LogP contribution in [0.15, 0.2) is 23.5 Å². The number of nitrogens with zero attached hydrogens (tertiary/aromatic N) is 2. The second kappa shape index (κ2) is 4.81. The molecule has 1 N–H and O–H groups in total. The monoisotopic (exact) mass is 243 g/mol. The van der Waals surface area contributed by atoms with Gasteiger partial charge in [-0.05, 0) is 15.9 Å². The molecule has 0 aliphatic heterocycles. The number of ether oxygens (including phenoxy) is 1. The molecule has 0 bridgehead atoms. The maximum atomic E-state index is 5.27. The quantitative estimate of drug-likeness (QED) is 0.821. The summed E-state index contributed by atoms with van der Waals surface area (Å²) in [4.78, 5) is 7.95. The van der Waals surface area contributed by atoms with Crippen LogP contribution in [0.2, 0.25) is 0 Å². The highest BCUT2D eigenvalue weighted by Crippen LogP contribution is 2.27. The van der Waals surface area contributed by atoms with Crippen molar-refractivity contribution in [2.75, 3.05) is 19.0 Å². The summed E-state index contributed by atoms with van der Waals surface area (Å²) >= 11 is 3.32. The van der Waals surface area contributed by atoms with Gasteiger partial charge in [0.15, 0.2) is 0 Å². The maximum Gasteiger partial charge on any atom is 0.233 e. The standard InChI is InChI=1S/C8H10BrN3O/c1-3-4-13-8-6(9)7(10-2)11-5-12-8/h3,5H,1,4H2,2H3,(H,10,11,12). The van der Waals surface area contributed by atoms with Crippen molar-refractivity contribution in [2.24, 2.45) is 0 Å². The van der Waals surface area contributed by atoms with Crippen LogP contribution in [0.25, 0.3) is 0 Å². The molecule has 1 heterocycles. The molecule has 4 nitrogen and oxygen atoms in total. The summed E-state index contributed by atoms with van der Waals surface area (Å²) in [6, 6.07) is 0. The Morgan fingerprint density at radius 1 is 1.69 bits per heavy atom. The molecule has 5 heteroatoms. The number of aromatic nitrogens is 2. The lowest BCUT2D eigenvalue weighted by molar-refractivity contribution is 0.345. The summed E-state index contributed by atoms with van der Waals surface area (Å²) in [6.45, 7) is 3.98. The van der Waals surface area contributed by atoms with Gasteiger partial charge in [0.25, 0.3) is 0 Å². The van der Waals surface area contributed by atoms with Crippen LogP contribution in [0.1, 0.15) is 0 Å². The Labute approximate surface area is 85.2 Å². The van der Waals surface area contributed by atoms with E-state index in [0.717, 1.165) is 4.47 Å². The third kappa shape index (κ3) is 2.42. The highest BCUT2D eigenvalue weighted by Gasteiger charge is 2.07. The van der Waals surface area contributed by atoms with Crippen molar-refractivity contribution in [1.29, 1.82) is 0 Å². The molecule has 13 heavy (non-hydrogen) atoms. The minimum atomic E-state index is 0.429. The van der Waals surface area contributed by atoms with Crippen LogP contribution >= 0.6 is 15.9 Å². The number of halogens is 1.